The number of rotatable bonds is 4. The molecule has 1 aliphatic carbocycles. The van der Waals surface area contributed by atoms with Crippen molar-refractivity contribution in [2.24, 2.45) is 0 Å². The summed E-state index contributed by atoms with van der Waals surface area (Å²) in [6.07, 6.45) is 5.87. The van der Waals surface area contributed by atoms with E-state index >= 15 is 0 Å². The number of anilines is 2. The van der Waals surface area contributed by atoms with E-state index in [1.165, 1.54) is 16.8 Å². The number of fused-ring (bicyclic) bond motifs is 3. The zero-order chi connectivity index (χ0) is 20.9. The monoisotopic (exact) mass is 425 g/mol. The second kappa shape index (κ2) is 7.38. The van der Waals surface area contributed by atoms with Crippen molar-refractivity contribution in [1.82, 2.24) is 15.3 Å². The van der Waals surface area contributed by atoms with Crippen LogP contribution in [0.1, 0.15) is 62.4 Å². The number of benzene rings is 1. The summed E-state index contributed by atoms with van der Waals surface area (Å²) in [5.74, 6) is 1.06. The fourth-order valence-electron chi connectivity index (χ4n) is 5.61. The minimum Gasteiger partial charge on any atom is -0.384 e. The second-order valence-electron chi connectivity index (χ2n) is 9.71. The van der Waals surface area contributed by atoms with Crippen LogP contribution in [0.15, 0.2) is 24.5 Å². The van der Waals surface area contributed by atoms with E-state index < -0.39 is 0 Å². The average molecular weight is 426 g/mol. The van der Waals surface area contributed by atoms with Crippen molar-refractivity contribution in [3.63, 3.8) is 0 Å². The summed E-state index contributed by atoms with van der Waals surface area (Å²) in [7, 11) is 0. The lowest BCUT2D eigenvalue weighted by atomic mass is 9.72. The normalized spacial score (nSPS) is 24.2. The molecular formula is C24H32ClN5. The van der Waals surface area contributed by atoms with Crippen LogP contribution in [0.5, 0.6) is 0 Å². The van der Waals surface area contributed by atoms with Gasteiger partial charge in [-0.15, -0.1) is 11.6 Å². The quantitative estimate of drug-likeness (QED) is 0.713. The van der Waals surface area contributed by atoms with Gasteiger partial charge < -0.3 is 15.5 Å². The highest BCUT2D eigenvalue weighted by Crippen LogP contribution is 2.49. The maximum absolute atomic E-state index is 6.87. The van der Waals surface area contributed by atoms with Crippen molar-refractivity contribution in [2.45, 2.75) is 69.3 Å². The fraction of sp³-hybridized carbons (Fsp3) is 0.583. The average Bonchev–Trinajstić information content (AvgIpc) is 3.25. The van der Waals surface area contributed by atoms with Gasteiger partial charge in [-0.3, -0.25) is 0 Å². The Morgan fingerprint density at radius 1 is 1.17 bits per heavy atom. The third-order valence-corrected chi connectivity index (χ3v) is 7.66. The number of hydrogen-bond donors (Lipinski definition) is 2. The first-order chi connectivity index (χ1) is 14.4. The molecule has 1 atom stereocenters. The first-order valence-electron chi connectivity index (χ1n) is 11.3. The highest BCUT2D eigenvalue weighted by molar-refractivity contribution is 6.24. The Bertz CT molecular complexity index is 947. The van der Waals surface area contributed by atoms with Gasteiger partial charge >= 0.3 is 0 Å². The molecule has 6 heteroatoms. The minimum atomic E-state index is -0.349. The molecule has 30 heavy (non-hydrogen) atoms. The molecule has 3 heterocycles. The molecule has 1 aromatic heterocycles. The van der Waals surface area contributed by atoms with Crippen molar-refractivity contribution in [1.29, 1.82) is 0 Å². The molecule has 5 nitrogen and oxygen atoms in total. The molecule has 0 radical (unpaired) electrons. The summed E-state index contributed by atoms with van der Waals surface area (Å²) in [6.45, 7) is 10.5. The van der Waals surface area contributed by atoms with Crippen molar-refractivity contribution in [3.05, 3.63) is 46.9 Å². The minimum absolute atomic E-state index is 0.210. The van der Waals surface area contributed by atoms with E-state index in [9.17, 15) is 0 Å². The number of alkyl halides is 1. The first kappa shape index (κ1) is 20.1. The number of hydrogen-bond acceptors (Lipinski definition) is 5. The van der Waals surface area contributed by atoms with Crippen LogP contribution in [0.3, 0.4) is 0 Å². The Labute approximate surface area is 184 Å². The number of nitrogens with one attached hydrogen (secondary N) is 2. The van der Waals surface area contributed by atoms with Gasteiger partial charge in [0.2, 0.25) is 0 Å². The lowest BCUT2D eigenvalue weighted by Gasteiger charge is -2.41. The first-order valence-corrected chi connectivity index (χ1v) is 11.7. The fourth-order valence-corrected chi connectivity index (χ4v) is 5.90. The molecule has 0 amide bonds. The Morgan fingerprint density at radius 2 is 1.97 bits per heavy atom. The summed E-state index contributed by atoms with van der Waals surface area (Å²) < 4.78 is 0. The molecule has 2 aliphatic heterocycles. The molecule has 0 saturated carbocycles. The molecule has 1 unspecified atom stereocenters. The summed E-state index contributed by atoms with van der Waals surface area (Å²) in [5, 5.41) is 7.32. The Morgan fingerprint density at radius 3 is 2.73 bits per heavy atom. The number of halogens is 1. The number of aromatic nitrogens is 2. The van der Waals surface area contributed by atoms with Crippen molar-refractivity contribution in [2.75, 3.05) is 29.9 Å². The molecule has 1 aromatic carbocycles. The lowest BCUT2D eigenvalue weighted by Crippen LogP contribution is -2.45. The SMILES string of the molecule is CC(C)NCc1cccc2c1C1(CCN(c3ncnc4c3C(C)(Cl)CC4)CC1)CN2. The van der Waals surface area contributed by atoms with E-state index in [1.54, 1.807) is 6.33 Å². The van der Waals surface area contributed by atoms with E-state index in [0.717, 1.165) is 68.9 Å². The number of aryl methyl sites for hydroxylation is 1. The third kappa shape index (κ3) is 3.27. The second-order valence-corrected chi connectivity index (χ2v) is 10.5. The van der Waals surface area contributed by atoms with Crippen molar-refractivity contribution >= 4 is 23.1 Å². The van der Waals surface area contributed by atoms with Crippen LogP contribution in [0.25, 0.3) is 0 Å². The Balaban J connectivity index is 1.41. The molecule has 0 bridgehead atoms. The van der Waals surface area contributed by atoms with Crippen LogP contribution >= 0.6 is 11.6 Å². The predicted molar refractivity (Wildman–Crippen MR) is 124 cm³/mol. The van der Waals surface area contributed by atoms with Crippen LogP contribution in [0.4, 0.5) is 11.5 Å². The summed E-state index contributed by atoms with van der Waals surface area (Å²) in [5.41, 5.74) is 6.80. The van der Waals surface area contributed by atoms with Gasteiger partial charge in [0, 0.05) is 48.9 Å². The summed E-state index contributed by atoms with van der Waals surface area (Å²) in [4.78, 5) is 11.3. The molecule has 1 spiro atoms. The van der Waals surface area contributed by atoms with E-state index in [2.05, 4.69) is 59.5 Å². The third-order valence-electron chi connectivity index (χ3n) is 7.28. The molecule has 160 valence electrons. The van der Waals surface area contributed by atoms with E-state index in [4.69, 9.17) is 16.6 Å². The maximum Gasteiger partial charge on any atom is 0.137 e. The lowest BCUT2D eigenvalue weighted by molar-refractivity contribution is 0.357. The van der Waals surface area contributed by atoms with Crippen LogP contribution < -0.4 is 15.5 Å². The van der Waals surface area contributed by atoms with Gasteiger partial charge in [0.1, 0.15) is 12.1 Å². The zero-order valence-corrected chi connectivity index (χ0v) is 19.0. The Kier molecular flexibility index (Phi) is 4.94. The van der Waals surface area contributed by atoms with Gasteiger partial charge in [-0.05, 0) is 49.8 Å². The van der Waals surface area contributed by atoms with Crippen molar-refractivity contribution in [3.8, 4) is 0 Å². The smallest absolute Gasteiger partial charge is 0.137 e. The van der Waals surface area contributed by atoms with Crippen LogP contribution in [-0.2, 0) is 23.3 Å². The highest BCUT2D eigenvalue weighted by Gasteiger charge is 2.44. The van der Waals surface area contributed by atoms with Crippen LogP contribution in [0, 0.1) is 0 Å². The van der Waals surface area contributed by atoms with Gasteiger partial charge in [0.25, 0.3) is 0 Å². The topological polar surface area (TPSA) is 53.1 Å². The summed E-state index contributed by atoms with van der Waals surface area (Å²) >= 11 is 6.87. The summed E-state index contributed by atoms with van der Waals surface area (Å²) in [6, 6.07) is 7.21. The zero-order valence-electron chi connectivity index (χ0n) is 18.3. The van der Waals surface area contributed by atoms with Crippen LogP contribution in [0.2, 0.25) is 0 Å². The maximum atomic E-state index is 6.87. The largest absolute Gasteiger partial charge is 0.384 e. The van der Waals surface area contributed by atoms with Gasteiger partial charge in [-0.1, -0.05) is 26.0 Å². The van der Waals surface area contributed by atoms with Crippen LogP contribution in [-0.4, -0.2) is 35.6 Å². The molecular weight excluding hydrogens is 394 g/mol. The van der Waals surface area contributed by atoms with Crippen molar-refractivity contribution < 1.29 is 0 Å². The molecule has 2 N–H and O–H groups in total. The van der Waals surface area contributed by atoms with Gasteiger partial charge in [-0.2, -0.15) is 0 Å². The standard InChI is InChI=1S/C24H32ClN5/c1-16(2)26-13-17-5-4-6-18-20(17)24(14-27-18)9-11-30(12-10-24)22-21-19(28-15-29-22)7-8-23(21,3)25/h4-6,15-16,26-27H,7-14H2,1-3H3. The molecule has 5 rings (SSSR count). The van der Waals surface area contributed by atoms with Gasteiger partial charge in [-0.25, -0.2) is 9.97 Å². The van der Waals surface area contributed by atoms with Gasteiger partial charge in [0.05, 0.1) is 10.6 Å². The molecule has 3 aliphatic rings. The number of piperidine rings is 1. The van der Waals surface area contributed by atoms with E-state index in [-0.39, 0.29) is 10.3 Å². The Hall–Kier alpha value is -1.85. The van der Waals surface area contributed by atoms with E-state index in [1.807, 2.05) is 0 Å². The predicted octanol–water partition coefficient (Wildman–Crippen LogP) is 4.34. The van der Waals surface area contributed by atoms with E-state index in [0.29, 0.717) is 6.04 Å². The molecule has 1 saturated heterocycles. The highest BCUT2D eigenvalue weighted by atomic mass is 35.5. The number of nitrogens with zero attached hydrogens (tertiary/aromatic N) is 3. The van der Waals surface area contributed by atoms with Gasteiger partial charge in [0.15, 0.2) is 0 Å². The molecule has 1 fully saturated rings. The molecule has 2 aromatic rings.